The summed E-state index contributed by atoms with van der Waals surface area (Å²) in [4.78, 5) is 24.6. The number of likely N-dealkylation sites (tertiary alicyclic amines) is 1. The molecule has 1 amide bonds. The summed E-state index contributed by atoms with van der Waals surface area (Å²) in [6.07, 6.45) is 5.16. The maximum absolute atomic E-state index is 12.2. The molecule has 6 nitrogen and oxygen atoms in total. The third-order valence-electron chi connectivity index (χ3n) is 6.22. The predicted octanol–water partition coefficient (Wildman–Crippen LogP) is 5.75. The molecule has 3 aromatic rings. The minimum absolute atomic E-state index is 0. The lowest BCUT2D eigenvalue weighted by Crippen LogP contribution is -2.37. The lowest BCUT2D eigenvalue weighted by atomic mass is 9.78. The molecule has 1 aliphatic heterocycles. The van der Waals surface area contributed by atoms with Gasteiger partial charge in [-0.2, -0.15) is 0 Å². The summed E-state index contributed by atoms with van der Waals surface area (Å²) in [5, 5.41) is 7.49. The summed E-state index contributed by atoms with van der Waals surface area (Å²) in [6, 6.07) is 7.72. The molecular weight excluding hydrogens is 501 g/mol. The van der Waals surface area contributed by atoms with Crippen LogP contribution in [0.3, 0.4) is 0 Å². The number of nitrogens with zero attached hydrogens (tertiary/aromatic N) is 3. The molecule has 0 aliphatic carbocycles. The largest absolute Gasteiger partial charge is 0.355 e. The van der Waals surface area contributed by atoms with Crippen molar-refractivity contribution in [3.63, 3.8) is 0 Å². The van der Waals surface area contributed by atoms with E-state index in [0.29, 0.717) is 27.6 Å². The van der Waals surface area contributed by atoms with Gasteiger partial charge in [-0.3, -0.25) is 4.79 Å². The molecule has 0 saturated carbocycles. The standard InChI is InChI=1S/C23H28ClN5OS.2ClH/c1-23(8-11-29(3)12-9-23)7-10-26-22-27-14-17(24)20(28-22)19-13-16-15(21(30)25-2)5-4-6-18(16)31-19;;/h4-6,13-14H,7-12H2,1-3H3,(H,25,30)(H,26,27,28);2*1H. The van der Waals surface area contributed by atoms with E-state index in [1.54, 1.807) is 24.6 Å². The number of fused-ring (bicyclic) bond motifs is 1. The van der Waals surface area contributed by atoms with Crippen molar-refractivity contribution in [3.05, 3.63) is 41.0 Å². The molecule has 1 aromatic carbocycles. The SMILES string of the molecule is CNC(=O)c1cccc2sc(-c3nc(NCCC4(C)CCN(C)CC4)ncc3Cl)cc12.Cl.Cl. The molecule has 0 atom stereocenters. The number of aromatic nitrogens is 2. The second-order valence-electron chi connectivity index (χ2n) is 8.59. The second kappa shape index (κ2) is 11.7. The number of benzene rings is 1. The van der Waals surface area contributed by atoms with Crippen LogP contribution in [0.4, 0.5) is 5.95 Å². The molecule has 0 spiro atoms. The molecule has 2 aromatic heterocycles. The Labute approximate surface area is 216 Å². The van der Waals surface area contributed by atoms with E-state index in [1.807, 2.05) is 24.3 Å². The fourth-order valence-corrected chi connectivity index (χ4v) is 5.36. The molecule has 1 saturated heterocycles. The van der Waals surface area contributed by atoms with Gasteiger partial charge >= 0.3 is 0 Å². The van der Waals surface area contributed by atoms with Crippen LogP contribution in [0.25, 0.3) is 20.7 Å². The first kappa shape index (κ1) is 27.6. The van der Waals surface area contributed by atoms with Gasteiger partial charge < -0.3 is 15.5 Å². The van der Waals surface area contributed by atoms with Gasteiger partial charge in [-0.1, -0.05) is 24.6 Å². The highest BCUT2D eigenvalue weighted by molar-refractivity contribution is 7.22. The number of rotatable bonds is 6. The van der Waals surface area contributed by atoms with Crippen LogP contribution in [0.15, 0.2) is 30.5 Å². The zero-order valence-corrected chi connectivity index (χ0v) is 22.2. The van der Waals surface area contributed by atoms with Gasteiger partial charge in [0.2, 0.25) is 5.95 Å². The molecule has 2 N–H and O–H groups in total. The van der Waals surface area contributed by atoms with Crippen LogP contribution in [0, 0.1) is 5.41 Å². The van der Waals surface area contributed by atoms with Gasteiger partial charge in [0.05, 0.1) is 16.1 Å². The molecule has 1 fully saturated rings. The summed E-state index contributed by atoms with van der Waals surface area (Å²) in [5.74, 6) is 0.480. The fraction of sp³-hybridized carbons (Fsp3) is 0.435. The van der Waals surface area contributed by atoms with Crippen molar-refractivity contribution < 1.29 is 4.79 Å². The molecule has 0 unspecified atom stereocenters. The van der Waals surface area contributed by atoms with Crippen molar-refractivity contribution >= 4 is 69.7 Å². The number of amides is 1. The Kier molecular flexibility index (Phi) is 9.76. The Hall–Kier alpha value is -1.64. The van der Waals surface area contributed by atoms with Crippen molar-refractivity contribution in [1.82, 2.24) is 20.2 Å². The van der Waals surface area contributed by atoms with E-state index >= 15 is 0 Å². The third-order valence-corrected chi connectivity index (χ3v) is 7.60. The summed E-state index contributed by atoms with van der Waals surface area (Å²) in [6.45, 7) is 5.51. The van der Waals surface area contributed by atoms with Crippen LogP contribution < -0.4 is 10.6 Å². The first-order chi connectivity index (χ1) is 14.9. The van der Waals surface area contributed by atoms with Crippen molar-refractivity contribution in [3.8, 4) is 10.6 Å². The summed E-state index contributed by atoms with van der Waals surface area (Å²) in [7, 11) is 3.83. The number of piperidine rings is 1. The number of carbonyl (C=O) groups is 1. The van der Waals surface area contributed by atoms with E-state index in [2.05, 4.69) is 34.5 Å². The second-order valence-corrected chi connectivity index (χ2v) is 10.1. The van der Waals surface area contributed by atoms with Crippen LogP contribution in [0.2, 0.25) is 5.02 Å². The minimum atomic E-state index is -0.103. The van der Waals surface area contributed by atoms with E-state index in [1.165, 1.54) is 12.8 Å². The van der Waals surface area contributed by atoms with Gasteiger partial charge in [0.1, 0.15) is 5.69 Å². The quantitative estimate of drug-likeness (QED) is 0.425. The van der Waals surface area contributed by atoms with Crippen LogP contribution in [-0.4, -0.2) is 54.5 Å². The van der Waals surface area contributed by atoms with Crippen LogP contribution in [0.1, 0.15) is 36.5 Å². The van der Waals surface area contributed by atoms with Gasteiger partial charge in [-0.05, 0) is 63.0 Å². The van der Waals surface area contributed by atoms with Crippen molar-refractivity contribution in [2.75, 3.05) is 39.0 Å². The fourth-order valence-electron chi connectivity index (χ4n) is 4.02. The van der Waals surface area contributed by atoms with E-state index in [-0.39, 0.29) is 30.7 Å². The topological polar surface area (TPSA) is 70.2 Å². The maximum Gasteiger partial charge on any atom is 0.251 e. The number of halogens is 3. The smallest absolute Gasteiger partial charge is 0.251 e. The molecule has 4 rings (SSSR count). The lowest BCUT2D eigenvalue weighted by Gasteiger charge is -2.38. The molecule has 3 heterocycles. The zero-order valence-electron chi connectivity index (χ0n) is 19.0. The summed E-state index contributed by atoms with van der Waals surface area (Å²) in [5.41, 5.74) is 1.70. The highest BCUT2D eigenvalue weighted by atomic mass is 35.5. The Balaban J connectivity index is 0.00000193. The van der Waals surface area contributed by atoms with E-state index in [4.69, 9.17) is 16.6 Å². The van der Waals surface area contributed by atoms with E-state index < -0.39 is 0 Å². The number of nitrogens with one attached hydrogen (secondary N) is 2. The van der Waals surface area contributed by atoms with E-state index in [0.717, 1.165) is 41.0 Å². The first-order valence-corrected chi connectivity index (χ1v) is 11.8. The normalized spacial score (nSPS) is 15.4. The molecule has 0 radical (unpaired) electrons. The van der Waals surface area contributed by atoms with Gasteiger partial charge in [0.15, 0.2) is 0 Å². The van der Waals surface area contributed by atoms with E-state index in [9.17, 15) is 4.79 Å². The first-order valence-electron chi connectivity index (χ1n) is 10.6. The minimum Gasteiger partial charge on any atom is -0.355 e. The van der Waals surface area contributed by atoms with Crippen LogP contribution in [-0.2, 0) is 0 Å². The summed E-state index contributed by atoms with van der Waals surface area (Å²) < 4.78 is 1.02. The Morgan fingerprint density at radius 2 is 2.00 bits per heavy atom. The Bertz CT molecular complexity index is 1100. The van der Waals surface area contributed by atoms with Gasteiger partial charge in [-0.25, -0.2) is 9.97 Å². The highest BCUT2D eigenvalue weighted by Gasteiger charge is 2.28. The van der Waals surface area contributed by atoms with Gasteiger partial charge in [0.25, 0.3) is 5.91 Å². The maximum atomic E-state index is 12.2. The number of hydrogen-bond donors (Lipinski definition) is 2. The van der Waals surface area contributed by atoms with Crippen molar-refractivity contribution in [2.24, 2.45) is 5.41 Å². The van der Waals surface area contributed by atoms with Crippen LogP contribution >= 0.6 is 47.8 Å². The molecule has 33 heavy (non-hydrogen) atoms. The average Bonchev–Trinajstić information content (AvgIpc) is 3.21. The lowest BCUT2D eigenvalue weighted by molar-refractivity contribution is 0.0964. The average molecular weight is 531 g/mol. The molecule has 10 heteroatoms. The van der Waals surface area contributed by atoms with Gasteiger partial charge in [-0.15, -0.1) is 36.2 Å². The highest BCUT2D eigenvalue weighted by Crippen LogP contribution is 2.38. The molecule has 0 bridgehead atoms. The van der Waals surface area contributed by atoms with Crippen molar-refractivity contribution in [2.45, 2.75) is 26.2 Å². The number of anilines is 1. The molecular formula is C23H30Cl3N5OS. The summed E-state index contributed by atoms with van der Waals surface area (Å²) >= 11 is 8.02. The Morgan fingerprint density at radius 1 is 1.27 bits per heavy atom. The van der Waals surface area contributed by atoms with Crippen molar-refractivity contribution in [1.29, 1.82) is 0 Å². The third kappa shape index (κ3) is 6.28. The number of hydrogen-bond acceptors (Lipinski definition) is 6. The number of carbonyl (C=O) groups excluding carboxylic acids is 1. The van der Waals surface area contributed by atoms with Crippen LogP contribution in [0.5, 0.6) is 0 Å². The number of thiophene rings is 1. The molecule has 1 aliphatic rings. The monoisotopic (exact) mass is 529 g/mol. The molecule has 180 valence electrons. The predicted molar refractivity (Wildman–Crippen MR) is 144 cm³/mol. The zero-order chi connectivity index (χ0) is 22.0. The van der Waals surface area contributed by atoms with Gasteiger partial charge in [0, 0.05) is 29.2 Å². The Morgan fingerprint density at radius 3 is 2.70 bits per heavy atom.